The standard InChI is InChI=1S/C13H17ClN2O4/c1-3-20-7-8(2)15-13(19)16-9-4-5-10(12(17)18)11(14)6-9/h4-6,8H,3,7H2,1-2H3,(H,17,18)(H2,15,16,19). The predicted octanol–water partition coefficient (Wildman–Crippen LogP) is 2.58. The number of anilines is 1. The number of hydrogen-bond acceptors (Lipinski definition) is 3. The van der Waals surface area contributed by atoms with Crippen molar-refractivity contribution in [3.8, 4) is 0 Å². The van der Waals surface area contributed by atoms with Crippen molar-refractivity contribution in [2.45, 2.75) is 19.9 Å². The van der Waals surface area contributed by atoms with Crippen molar-refractivity contribution in [2.24, 2.45) is 0 Å². The predicted molar refractivity (Wildman–Crippen MR) is 76.5 cm³/mol. The average molecular weight is 301 g/mol. The fourth-order valence-corrected chi connectivity index (χ4v) is 1.75. The van der Waals surface area contributed by atoms with Gasteiger partial charge in [-0.15, -0.1) is 0 Å². The molecule has 20 heavy (non-hydrogen) atoms. The second kappa shape index (κ2) is 7.72. The Morgan fingerprint density at radius 2 is 2.15 bits per heavy atom. The topological polar surface area (TPSA) is 87.7 Å². The number of nitrogens with one attached hydrogen (secondary N) is 2. The average Bonchev–Trinajstić information content (AvgIpc) is 2.35. The van der Waals surface area contributed by atoms with Gasteiger partial charge < -0.3 is 20.5 Å². The highest BCUT2D eigenvalue weighted by Crippen LogP contribution is 2.20. The van der Waals surface area contributed by atoms with Crippen molar-refractivity contribution in [3.63, 3.8) is 0 Å². The van der Waals surface area contributed by atoms with E-state index >= 15 is 0 Å². The lowest BCUT2D eigenvalue weighted by Crippen LogP contribution is -2.38. The highest BCUT2D eigenvalue weighted by atomic mass is 35.5. The minimum Gasteiger partial charge on any atom is -0.478 e. The Balaban J connectivity index is 2.58. The van der Waals surface area contributed by atoms with Crippen molar-refractivity contribution in [1.82, 2.24) is 5.32 Å². The van der Waals surface area contributed by atoms with Gasteiger partial charge >= 0.3 is 12.0 Å². The first-order chi connectivity index (χ1) is 9.43. The molecule has 1 rings (SSSR count). The van der Waals surface area contributed by atoms with Crippen LogP contribution in [0.4, 0.5) is 10.5 Å². The molecule has 7 heteroatoms. The monoisotopic (exact) mass is 300 g/mol. The zero-order valence-electron chi connectivity index (χ0n) is 11.3. The number of carbonyl (C=O) groups excluding carboxylic acids is 1. The van der Waals surface area contributed by atoms with E-state index in [4.69, 9.17) is 21.4 Å². The zero-order chi connectivity index (χ0) is 15.1. The summed E-state index contributed by atoms with van der Waals surface area (Å²) >= 11 is 5.81. The van der Waals surface area contributed by atoms with E-state index in [9.17, 15) is 9.59 Å². The summed E-state index contributed by atoms with van der Waals surface area (Å²) in [6.45, 7) is 4.69. The van der Waals surface area contributed by atoms with Gasteiger partial charge in [-0.1, -0.05) is 11.6 Å². The third kappa shape index (κ3) is 5.07. The summed E-state index contributed by atoms with van der Waals surface area (Å²) in [4.78, 5) is 22.5. The van der Waals surface area contributed by atoms with Gasteiger partial charge in [0.25, 0.3) is 0 Å². The largest absolute Gasteiger partial charge is 0.478 e. The van der Waals surface area contributed by atoms with Gasteiger partial charge in [-0.2, -0.15) is 0 Å². The van der Waals surface area contributed by atoms with Crippen molar-refractivity contribution < 1.29 is 19.4 Å². The van der Waals surface area contributed by atoms with Gasteiger partial charge in [0.15, 0.2) is 0 Å². The molecule has 0 saturated carbocycles. The number of carboxylic acids is 1. The summed E-state index contributed by atoms with van der Waals surface area (Å²) in [5.41, 5.74) is 0.406. The molecule has 0 aliphatic heterocycles. The Bertz CT molecular complexity index is 493. The minimum absolute atomic E-state index is 0.0117. The second-order valence-electron chi connectivity index (χ2n) is 4.16. The number of benzene rings is 1. The summed E-state index contributed by atoms with van der Waals surface area (Å²) in [5.74, 6) is -1.11. The highest BCUT2D eigenvalue weighted by Gasteiger charge is 2.11. The zero-order valence-corrected chi connectivity index (χ0v) is 12.0. The summed E-state index contributed by atoms with van der Waals surface area (Å²) < 4.78 is 5.18. The number of aromatic carboxylic acids is 1. The molecule has 1 unspecified atom stereocenters. The van der Waals surface area contributed by atoms with E-state index in [-0.39, 0.29) is 16.6 Å². The molecule has 2 amide bonds. The van der Waals surface area contributed by atoms with Crippen LogP contribution in [0.2, 0.25) is 5.02 Å². The van der Waals surface area contributed by atoms with Crippen LogP contribution in [-0.4, -0.2) is 36.4 Å². The molecule has 0 saturated heterocycles. The molecule has 0 aliphatic rings. The Kier molecular flexibility index (Phi) is 6.27. The van der Waals surface area contributed by atoms with Gasteiger partial charge in [-0.05, 0) is 32.0 Å². The molecule has 0 bridgehead atoms. The van der Waals surface area contributed by atoms with Crippen LogP contribution in [-0.2, 0) is 4.74 Å². The van der Waals surface area contributed by atoms with Crippen LogP contribution >= 0.6 is 11.6 Å². The lowest BCUT2D eigenvalue weighted by atomic mass is 10.2. The quantitative estimate of drug-likeness (QED) is 0.753. The molecule has 0 aromatic heterocycles. The van der Waals surface area contributed by atoms with Crippen LogP contribution in [0.1, 0.15) is 24.2 Å². The number of ether oxygens (including phenoxy) is 1. The van der Waals surface area contributed by atoms with Gasteiger partial charge in [0, 0.05) is 12.3 Å². The number of rotatable bonds is 6. The maximum absolute atomic E-state index is 11.7. The lowest BCUT2D eigenvalue weighted by molar-refractivity contribution is 0.0697. The van der Waals surface area contributed by atoms with E-state index in [1.54, 1.807) is 0 Å². The third-order valence-corrected chi connectivity index (χ3v) is 2.72. The van der Waals surface area contributed by atoms with Gasteiger partial charge in [-0.25, -0.2) is 9.59 Å². The maximum atomic E-state index is 11.7. The Labute approximate surface area is 122 Å². The van der Waals surface area contributed by atoms with Crippen LogP contribution in [0.3, 0.4) is 0 Å². The third-order valence-electron chi connectivity index (χ3n) is 2.41. The minimum atomic E-state index is -1.11. The van der Waals surface area contributed by atoms with Crippen LogP contribution in [0.25, 0.3) is 0 Å². The number of halogens is 1. The number of urea groups is 1. The van der Waals surface area contributed by atoms with E-state index in [0.29, 0.717) is 18.9 Å². The summed E-state index contributed by atoms with van der Waals surface area (Å²) in [6, 6.07) is 3.66. The van der Waals surface area contributed by atoms with Crippen molar-refractivity contribution in [2.75, 3.05) is 18.5 Å². The highest BCUT2D eigenvalue weighted by molar-refractivity contribution is 6.33. The number of amides is 2. The van der Waals surface area contributed by atoms with Crippen LogP contribution in [0.15, 0.2) is 18.2 Å². The normalized spacial score (nSPS) is 11.8. The lowest BCUT2D eigenvalue weighted by Gasteiger charge is -2.14. The van der Waals surface area contributed by atoms with Gasteiger partial charge in [0.2, 0.25) is 0 Å². The van der Waals surface area contributed by atoms with Crippen molar-refractivity contribution in [1.29, 1.82) is 0 Å². The molecule has 0 spiro atoms. The molecule has 1 atom stereocenters. The van der Waals surface area contributed by atoms with Crippen LogP contribution in [0.5, 0.6) is 0 Å². The molecule has 0 fully saturated rings. The SMILES string of the molecule is CCOCC(C)NC(=O)Nc1ccc(C(=O)O)c(Cl)c1. The smallest absolute Gasteiger partial charge is 0.337 e. The summed E-state index contributed by atoms with van der Waals surface area (Å²) in [7, 11) is 0. The molecular formula is C13H17ClN2O4. The maximum Gasteiger partial charge on any atom is 0.337 e. The van der Waals surface area contributed by atoms with Gasteiger partial charge in [-0.3, -0.25) is 0 Å². The van der Waals surface area contributed by atoms with E-state index in [1.165, 1.54) is 18.2 Å². The van der Waals surface area contributed by atoms with E-state index in [0.717, 1.165) is 0 Å². The number of carbonyl (C=O) groups is 2. The number of hydrogen-bond donors (Lipinski definition) is 3. The molecular weight excluding hydrogens is 284 g/mol. The first-order valence-electron chi connectivity index (χ1n) is 6.12. The van der Waals surface area contributed by atoms with E-state index in [1.807, 2.05) is 13.8 Å². The molecule has 110 valence electrons. The van der Waals surface area contributed by atoms with E-state index in [2.05, 4.69) is 10.6 Å². The molecule has 1 aromatic rings. The molecule has 0 radical (unpaired) electrons. The molecule has 3 N–H and O–H groups in total. The first kappa shape index (κ1) is 16.3. The summed E-state index contributed by atoms with van der Waals surface area (Å²) in [6.07, 6.45) is 0. The molecule has 0 aliphatic carbocycles. The van der Waals surface area contributed by atoms with E-state index < -0.39 is 12.0 Å². The van der Waals surface area contributed by atoms with Gasteiger partial charge in [0.1, 0.15) is 0 Å². The Morgan fingerprint density at radius 3 is 2.70 bits per heavy atom. The fourth-order valence-electron chi connectivity index (χ4n) is 1.49. The Morgan fingerprint density at radius 1 is 1.45 bits per heavy atom. The van der Waals surface area contributed by atoms with Crippen LogP contribution in [0, 0.1) is 0 Å². The number of carboxylic acid groups (broad SMARTS) is 1. The second-order valence-corrected chi connectivity index (χ2v) is 4.57. The summed E-state index contributed by atoms with van der Waals surface area (Å²) in [5, 5.41) is 14.2. The molecule has 0 heterocycles. The Hall–Kier alpha value is -1.79. The van der Waals surface area contributed by atoms with Crippen molar-refractivity contribution in [3.05, 3.63) is 28.8 Å². The first-order valence-corrected chi connectivity index (χ1v) is 6.50. The molecule has 1 aromatic carbocycles. The van der Waals surface area contributed by atoms with Gasteiger partial charge in [0.05, 0.1) is 23.2 Å². The van der Waals surface area contributed by atoms with Crippen LogP contribution < -0.4 is 10.6 Å². The fraction of sp³-hybridized carbons (Fsp3) is 0.385. The molecule has 6 nitrogen and oxygen atoms in total. The van der Waals surface area contributed by atoms with Crippen molar-refractivity contribution >= 4 is 29.3 Å².